The molecule has 0 aliphatic carbocycles. The third-order valence-corrected chi connectivity index (χ3v) is 5.32. The number of rotatable bonds is 8. The van der Waals surface area contributed by atoms with Crippen molar-refractivity contribution >= 4 is 26.0 Å². The molecule has 1 heterocycles. The summed E-state index contributed by atoms with van der Waals surface area (Å²) in [6, 6.07) is 0. The third kappa shape index (κ3) is 6.56. The smallest absolute Gasteiger partial charge is 0.211 e. The van der Waals surface area contributed by atoms with E-state index in [-0.39, 0.29) is 0 Å². The van der Waals surface area contributed by atoms with E-state index in [0.717, 1.165) is 37.8 Å². The second-order valence-corrected chi connectivity index (χ2v) is 8.25. The summed E-state index contributed by atoms with van der Waals surface area (Å²) in [5, 5.41) is 0.985. The highest BCUT2D eigenvalue weighted by Crippen LogP contribution is 2.20. The quantitative estimate of drug-likeness (QED) is 0.627. The predicted octanol–water partition coefficient (Wildman–Crippen LogP) is 2.16. The molecule has 0 amide bonds. The first-order valence-electron chi connectivity index (χ1n) is 7.20. The van der Waals surface area contributed by atoms with Crippen LogP contribution in [0, 0.1) is 5.92 Å². The number of sulfonamides is 1. The molecule has 1 saturated heterocycles. The SMILES string of the molecule is CCCCN(CCBr)CC1CCCN(S(C)(=O)=O)C1. The highest BCUT2D eigenvalue weighted by molar-refractivity contribution is 9.09. The van der Waals surface area contributed by atoms with Gasteiger partial charge in [-0.2, -0.15) is 0 Å². The summed E-state index contributed by atoms with van der Waals surface area (Å²) in [6.45, 7) is 6.80. The predicted molar refractivity (Wildman–Crippen MR) is 84.3 cm³/mol. The lowest BCUT2D eigenvalue weighted by Crippen LogP contribution is -2.43. The summed E-state index contributed by atoms with van der Waals surface area (Å²) in [7, 11) is -3.02. The minimum Gasteiger partial charge on any atom is -0.302 e. The zero-order valence-corrected chi connectivity index (χ0v) is 14.5. The molecule has 0 N–H and O–H groups in total. The van der Waals surface area contributed by atoms with Gasteiger partial charge in [0.25, 0.3) is 0 Å². The van der Waals surface area contributed by atoms with Crippen LogP contribution in [0.3, 0.4) is 0 Å². The van der Waals surface area contributed by atoms with E-state index in [9.17, 15) is 8.42 Å². The Hall–Kier alpha value is 0.350. The Morgan fingerprint density at radius 3 is 2.68 bits per heavy atom. The zero-order valence-electron chi connectivity index (χ0n) is 12.1. The molecule has 0 spiro atoms. The largest absolute Gasteiger partial charge is 0.302 e. The summed E-state index contributed by atoms with van der Waals surface area (Å²) in [5.74, 6) is 0.486. The highest BCUT2D eigenvalue weighted by Gasteiger charge is 2.26. The fourth-order valence-corrected chi connectivity index (χ4v) is 4.08. The van der Waals surface area contributed by atoms with Gasteiger partial charge in [0.1, 0.15) is 0 Å². The number of halogens is 1. The molecule has 0 bridgehead atoms. The van der Waals surface area contributed by atoms with Gasteiger partial charge in [-0.3, -0.25) is 0 Å². The van der Waals surface area contributed by atoms with Crippen LogP contribution < -0.4 is 0 Å². The van der Waals surface area contributed by atoms with E-state index < -0.39 is 10.0 Å². The minimum atomic E-state index is -3.02. The molecule has 6 heteroatoms. The first-order valence-corrected chi connectivity index (χ1v) is 10.2. The standard InChI is InChI=1S/C13H27BrN2O2S/c1-3-4-8-15(10-7-14)11-13-6-5-9-16(12-13)19(2,17)18/h13H,3-12H2,1-2H3. The number of hydrogen-bond acceptors (Lipinski definition) is 3. The van der Waals surface area contributed by atoms with Crippen LogP contribution in [-0.4, -0.2) is 61.9 Å². The van der Waals surface area contributed by atoms with Crippen LogP contribution in [-0.2, 0) is 10.0 Å². The monoisotopic (exact) mass is 354 g/mol. The second kappa shape index (κ2) is 8.60. The molecule has 4 nitrogen and oxygen atoms in total. The van der Waals surface area contributed by atoms with Gasteiger partial charge in [-0.15, -0.1) is 0 Å². The molecule has 0 aromatic heterocycles. The molecule has 0 aromatic rings. The Kier molecular flexibility index (Phi) is 7.87. The lowest BCUT2D eigenvalue weighted by Gasteiger charge is -2.34. The Bertz CT molecular complexity index is 349. The molecule has 0 aromatic carbocycles. The van der Waals surface area contributed by atoms with Crippen molar-refractivity contribution in [1.82, 2.24) is 9.21 Å². The Morgan fingerprint density at radius 2 is 2.11 bits per heavy atom. The van der Waals surface area contributed by atoms with E-state index in [2.05, 4.69) is 27.8 Å². The van der Waals surface area contributed by atoms with Gasteiger partial charge in [-0.1, -0.05) is 29.3 Å². The van der Waals surface area contributed by atoms with Crippen LogP contribution in [0.2, 0.25) is 0 Å². The van der Waals surface area contributed by atoms with Gasteiger partial charge in [0.2, 0.25) is 10.0 Å². The second-order valence-electron chi connectivity index (χ2n) is 5.47. The Balaban J connectivity index is 2.49. The normalized spacial score (nSPS) is 22.0. The summed E-state index contributed by atoms with van der Waals surface area (Å²) < 4.78 is 24.9. The average Bonchev–Trinajstić information content (AvgIpc) is 2.35. The van der Waals surface area contributed by atoms with Crippen molar-refractivity contribution in [3.8, 4) is 0 Å². The van der Waals surface area contributed by atoms with Crippen LogP contribution in [0.25, 0.3) is 0 Å². The van der Waals surface area contributed by atoms with Crippen molar-refractivity contribution in [3.05, 3.63) is 0 Å². The topological polar surface area (TPSA) is 40.6 Å². The Labute approximate surface area is 126 Å². The number of piperidine rings is 1. The number of nitrogens with zero attached hydrogens (tertiary/aromatic N) is 2. The number of unbranched alkanes of at least 4 members (excludes halogenated alkanes) is 1. The first kappa shape index (κ1) is 17.4. The molecule has 0 radical (unpaired) electrons. The molecular weight excluding hydrogens is 328 g/mol. The molecule has 1 unspecified atom stereocenters. The van der Waals surface area contributed by atoms with Crippen molar-refractivity contribution in [3.63, 3.8) is 0 Å². The molecule has 1 aliphatic rings. The van der Waals surface area contributed by atoms with Crippen molar-refractivity contribution < 1.29 is 8.42 Å². The van der Waals surface area contributed by atoms with Crippen LogP contribution >= 0.6 is 15.9 Å². The van der Waals surface area contributed by atoms with Gasteiger partial charge >= 0.3 is 0 Å². The molecular formula is C13H27BrN2O2S. The fourth-order valence-electron chi connectivity index (χ4n) is 2.64. The molecule has 1 aliphatic heterocycles. The van der Waals surface area contributed by atoms with Crippen molar-refractivity contribution in [2.75, 3.05) is 44.3 Å². The zero-order chi connectivity index (χ0) is 14.3. The average molecular weight is 355 g/mol. The Morgan fingerprint density at radius 1 is 1.37 bits per heavy atom. The molecule has 1 fully saturated rings. The van der Waals surface area contributed by atoms with Gasteiger partial charge in [-0.25, -0.2) is 12.7 Å². The summed E-state index contributed by atoms with van der Waals surface area (Å²) in [5.41, 5.74) is 0. The third-order valence-electron chi connectivity index (χ3n) is 3.70. The first-order chi connectivity index (χ1) is 8.97. The molecule has 114 valence electrons. The van der Waals surface area contributed by atoms with Crippen molar-refractivity contribution in [2.45, 2.75) is 32.6 Å². The maximum Gasteiger partial charge on any atom is 0.211 e. The van der Waals surface area contributed by atoms with Crippen LogP contribution in [0.5, 0.6) is 0 Å². The van der Waals surface area contributed by atoms with E-state index in [4.69, 9.17) is 0 Å². The lowest BCUT2D eigenvalue weighted by molar-refractivity contribution is 0.183. The van der Waals surface area contributed by atoms with Crippen LogP contribution in [0.4, 0.5) is 0 Å². The van der Waals surface area contributed by atoms with Gasteiger partial charge < -0.3 is 4.90 Å². The van der Waals surface area contributed by atoms with Gasteiger partial charge in [0.05, 0.1) is 6.26 Å². The van der Waals surface area contributed by atoms with Crippen molar-refractivity contribution in [1.29, 1.82) is 0 Å². The number of hydrogen-bond donors (Lipinski definition) is 0. The molecule has 1 atom stereocenters. The summed E-state index contributed by atoms with van der Waals surface area (Å²) >= 11 is 3.50. The van der Waals surface area contributed by atoms with E-state index in [1.807, 2.05) is 0 Å². The minimum absolute atomic E-state index is 0.486. The van der Waals surface area contributed by atoms with Gasteiger partial charge in [-0.05, 0) is 31.7 Å². The molecule has 1 rings (SSSR count). The lowest BCUT2D eigenvalue weighted by atomic mass is 9.99. The van der Waals surface area contributed by atoms with Gasteiger partial charge in [0.15, 0.2) is 0 Å². The highest BCUT2D eigenvalue weighted by atomic mass is 79.9. The van der Waals surface area contributed by atoms with E-state index in [1.54, 1.807) is 4.31 Å². The van der Waals surface area contributed by atoms with Crippen LogP contribution in [0.15, 0.2) is 0 Å². The van der Waals surface area contributed by atoms with E-state index in [0.29, 0.717) is 19.0 Å². The van der Waals surface area contributed by atoms with E-state index in [1.165, 1.54) is 19.1 Å². The number of alkyl halides is 1. The van der Waals surface area contributed by atoms with Crippen molar-refractivity contribution in [2.24, 2.45) is 5.92 Å². The van der Waals surface area contributed by atoms with Crippen LogP contribution in [0.1, 0.15) is 32.6 Å². The maximum atomic E-state index is 11.6. The molecule has 19 heavy (non-hydrogen) atoms. The van der Waals surface area contributed by atoms with Gasteiger partial charge in [0, 0.05) is 31.5 Å². The fraction of sp³-hybridized carbons (Fsp3) is 1.00. The summed E-state index contributed by atoms with van der Waals surface area (Å²) in [6.07, 6.45) is 5.89. The maximum absolute atomic E-state index is 11.6. The summed E-state index contributed by atoms with van der Waals surface area (Å²) in [4.78, 5) is 2.47. The van der Waals surface area contributed by atoms with E-state index >= 15 is 0 Å². The molecule has 0 saturated carbocycles.